The molecule has 2 nitrogen and oxygen atoms in total. The Balaban J connectivity index is 2.29. The largest absolute Gasteiger partial charge is 0.427 e. The summed E-state index contributed by atoms with van der Waals surface area (Å²) in [7, 11) is 0. The minimum absolute atomic E-state index is 0.297. The molecule has 0 saturated carbocycles. The second-order valence-electron chi connectivity index (χ2n) is 4.26. The van der Waals surface area contributed by atoms with Crippen LogP contribution in [0.25, 0.3) is 21.5 Å². The number of rotatable bonds is 1. The van der Waals surface area contributed by atoms with Crippen molar-refractivity contribution in [3.63, 3.8) is 0 Å². The van der Waals surface area contributed by atoms with Gasteiger partial charge < -0.3 is 4.74 Å². The normalized spacial score (nSPS) is 10.7. The number of carbonyl (C=O) groups excluding carboxylic acids is 1. The molecule has 0 spiro atoms. The lowest BCUT2D eigenvalue weighted by Crippen LogP contribution is -2.00. The molecule has 0 aliphatic heterocycles. The van der Waals surface area contributed by atoms with Crippen molar-refractivity contribution in [2.75, 3.05) is 0 Å². The van der Waals surface area contributed by atoms with Crippen molar-refractivity contribution in [3.8, 4) is 5.75 Å². The van der Waals surface area contributed by atoms with Gasteiger partial charge in [0.25, 0.3) is 0 Å². The fraction of sp³-hybridized carbons (Fsp3) is 0.0625. The van der Waals surface area contributed by atoms with Crippen molar-refractivity contribution < 1.29 is 9.53 Å². The Kier molecular flexibility index (Phi) is 2.49. The molecule has 0 aliphatic carbocycles. The molecule has 0 saturated heterocycles. The van der Waals surface area contributed by atoms with Gasteiger partial charge in [-0.05, 0) is 33.7 Å². The van der Waals surface area contributed by atoms with E-state index in [4.69, 9.17) is 4.74 Å². The van der Waals surface area contributed by atoms with E-state index in [0.717, 1.165) is 10.8 Å². The molecular weight excluding hydrogens is 224 g/mol. The van der Waals surface area contributed by atoms with Crippen LogP contribution in [0.1, 0.15) is 6.92 Å². The molecule has 18 heavy (non-hydrogen) atoms. The summed E-state index contributed by atoms with van der Waals surface area (Å²) < 4.78 is 5.13. The lowest BCUT2D eigenvalue weighted by Gasteiger charge is -2.06. The standard InChI is InChI=1S/C16H12O2/c1-11(17)18-14-9-8-13-7-6-12-4-2-3-5-15(12)16(13)10-14/h2-10H,1H3. The van der Waals surface area contributed by atoms with E-state index in [1.165, 1.54) is 17.7 Å². The van der Waals surface area contributed by atoms with E-state index in [1.807, 2.05) is 30.3 Å². The Bertz CT molecular complexity index is 744. The third kappa shape index (κ3) is 1.82. The maximum absolute atomic E-state index is 11.0. The van der Waals surface area contributed by atoms with Crippen LogP contribution in [0.2, 0.25) is 0 Å². The lowest BCUT2D eigenvalue weighted by atomic mass is 10.0. The molecular formula is C16H12O2. The van der Waals surface area contributed by atoms with Gasteiger partial charge in [-0.1, -0.05) is 42.5 Å². The molecule has 0 aliphatic rings. The molecule has 0 fully saturated rings. The highest BCUT2D eigenvalue weighted by Crippen LogP contribution is 2.28. The summed E-state index contributed by atoms with van der Waals surface area (Å²) in [5, 5.41) is 4.60. The van der Waals surface area contributed by atoms with Gasteiger partial charge in [0.2, 0.25) is 0 Å². The van der Waals surface area contributed by atoms with Crippen LogP contribution >= 0.6 is 0 Å². The molecule has 0 atom stereocenters. The minimum Gasteiger partial charge on any atom is -0.427 e. The summed E-state index contributed by atoms with van der Waals surface area (Å²) in [4.78, 5) is 11.0. The predicted molar refractivity (Wildman–Crippen MR) is 72.8 cm³/mol. The molecule has 0 radical (unpaired) electrons. The van der Waals surface area contributed by atoms with Crippen molar-refractivity contribution >= 4 is 27.5 Å². The van der Waals surface area contributed by atoms with Gasteiger partial charge in [0.05, 0.1) is 0 Å². The van der Waals surface area contributed by atoms with Crippen molar-refractivity contribution in [1.29, 1.82) is 0 Å². The summed E-state index contributed by atoms with van der Waals surface area (Å²) in [5.41, 5.74) is 0. The quantitative estimate of drug-likeness (QED) is 0.363. The van der Waals surface area contributed by atoms with E-state index in [9.17, 15) is 4.79 Å². The highest BCUT2D eigenvalue weighted by Gasteiger charge is 2.03. The summed E-state index contributed by atoms with van der Waals surface area (Å²) in [6.07, 6.45) is 0. The van der Waals surface area contributed by atoms with Gasteiger partial charge in [0, 0.05) is 6.92 Å². The zero-order chi connectivity index (χ0) is 12.5. The number of ether oxygens (including phenoxy) is 1. The first-order chi connectivity index (χ1) is 8.74. The summed E-state index contributed by atoms with van der Waals surface area (Å²) in [6, 6.07) is 18.1. The molecule has 0 bridgehead atoms. The molecule has 2 heteroatoms. The van der Waals surface area contributed by atoms with Gasteiger partial charge in [0.15, 0.2) is 0 Å². The molecule has 3 rings (SSSR count). The van der Waals surface area contributed by atoms with Crippen LogP contribution in [0, 0.1) is 0 Å². The van der Waals surface area contributed by atoms with Crippen molar-refractivity contribution in [1.82, 2.24) is 0 Å². The number of hydrogen-bond acceptors (Lipinski definition) is 2. The first-order valence-corrected chi connectivity index (χ1v) is 5.84. The maximum atomic E-state index is 11.0. The topological polar surface area (TPSA) is 26.3 Å². The molecule has 0 amide bonds. The fourth-order valence-corrected chi connectivity index (χ4v) is 2.21. The smallest absolute Gasteiger partial charge is 0.308 e. The Morgan fingerprint density at radius 3 is 2.33 bits per heavy atom. The SMILES string of the molecule is CC(=O)Oc1ccc2ccc3ccccc3c2c1. The molecule has 0 aromatic heterocycles. The maximum Gasteiger partial charge on any atom is 0.308 e. The van der Waals surface area contributed by atoms with Crippen molar-refractivity contribution in [2.24, 2.45) is 0 Å². The number of benzene rings is 3. The first-order valence-electron chi connectivity index (χ1n) is 5.84. The molecule has 3 aromatic rings. The summed E-state index contributed by atoms with van der Waals surface area (Å²) >= 11 is 0. The van der Waals surface area contributed by atoms with Gasteiger partial charge in [0.1, 0.15) is 5.75 Å². The lowest BCUT2D eigenvalue weighted by molar-refractivity contribution is -0.131. The Morgan fingerprint density at radius 2 is 1.56 bits per heavy atom. The summed E-state index contributed by atoms with van der Waals surface area (Å²) in [6.45, 7) is 1.41. The first kappa shape index (κ1) is 10.8. The fourth-order valence-electron chi connectivity index (χ4n) is 2.21. The van der Waals surface area contributed by atoms with E-state index in [0.29, 0.717) is 5.75 Å². The van der Waals surface area contributed by atoms with E-state index < -0.39 is 0 Å². The van der Waals surface area contributed by atoms with Gasteiger partial charge in [-0.25, -0.2) is 0 Å². The van der Waals surface area contributed by atoms with Gasteiger partial charge in [-0.3, -0.25) is 4.79 Å². The van der Waals surface area contributed by atoms with Crippen LogP contribution in [0.3, 0.4) is 0 Å². The Labute approximate surface area is 105 Å². The van der Waals surface area contributed by atoms with Crippen LogP contribution < -0.4 is 4.74 Å². The number of hydrogen-bond donors (Lipinski definition) is 0. The second-order valence-corrected chi connectivity index (χ2v) is 4.26. The summed E-state index contributed by atoms with van der Waals surface area (Å²) in [5.74, 6) is 0.293. The average molecular weight is 236 g/mol. The minimum atomic E-state index is -0.297. The third-order valence-corrected chi connectivity index (χ3v) is 2.98. The predicted octanol–water partition coefficient (Wildman–Crippen LogP) is 3.92. The van der Waals surface area contributed by atoms with E-state index in [1.54, 1.807) is 0 Å². The van der Waals surface area contributed by atoms with Crippen LogP contribution in [0.5, 0.6) is 5.75 Å². The molecule has 0 N–H and O–H groups in total. The zero-order valence-electron chi connectivity index (χ0n) is 10.0. The van der Waals surface area contributed by atoms with Crippen LogP contribution in [-0.2, 0) is 4.79 Å². The van der Waals surface area contributed by atoms with E-state index >= 15 is 0 Å². The molecule has 0 heterocycles. The van der Waals surface area contributed by atoms with E-state index in [2.05, 4.69) is 24.3 Å². The molecule has 0 unspecified atom stereocenters. The third-order valence-electron chi connectivity index (χ3n) is 2.98. The Morgan fingerprint density at radius 1 is 0.889 bits per heavy atom. The molecule has 3 aromatic carbocycles. The van der Waals surface area contributed by atoms with Gasteiger partial charge in [-0.15, -0.1) is 0 Å². The van der Waals surface area contributed by atoms with Crippen molar-refractivity contribution in [2.45, 2.75) is 6.92 Å². The van der Waals surface area contributed by atoms with E-state index in [-0.39, 0.29) is 5.97 Å². The molecule has 88 valence electrons. The van der Waals surface area contributed by atoms with Gasteiger partial charge in [-0.2, -0.15) is 0 Å². The highest BCUT2D eigenvalue weighted by atomic mass is 16.5. The van der Waals surface area contributed by atoms with Crippen LogP contribution in [0.4, 0.5) is 0 Å². The van der Waals surface area contributed by atoms with Crippen LogP contribution in [-0.4, -0.2) is 5.97 Å². The monoisotopic (exact) mass is 236 g/mol. The number of esters is 1. The highest BCUT2D eigenvalue weighted by molar-refractivity contribution is 6.07. The van der Waals surface area contributed by atoms with Crippen LogP contribution in [0.15, 0.2) is 54.6 Å². The number of fused-ring (bicyclic) bond motifs is 3. The Hall–Kier alpha value is -2.35. The van der Waals surface area contributed by atoms with Gasteiger partial charge >= 0.3 is 5.97 Å². The average Bonchev–Trinajstić information content (AvgIpc) is 2.38. The number of carbonyl (C=O) groups is 1. The zero-order valence-corrected chi connectivity index (χ0v) is 10.0. The second kappa shape index (κ2) is 4.15. The van der Waals surface area contributed by atoms with Crippen molar-refractivity contribution in [3.05, 3.63) is 54.6 Å².